The number of fused-ring (bicyclic) bond motifs is 4. The lowest BCUT2D eigenvalue weighted by Gasteiger charge is -2.41. The predicted molar refractivity (Wildman–Crippen MR) is 88.6 cm³/mol. The summed E-state index contributed by atoms with van der Waals surface area (Å²) in [5.41, 5.74) is 1.87. The molecule has 128 valence electrons. The first-order valence-corrected chi connectivity index (χ1v) is 8.48. The Morgan fingerprint density at radius 2 is 2.24 bits per heavy atom. The van der Waals surface area contributed by atoms with Gasteiger partial charge >= 0.3 is 0 Å². The monoisotopic (exact) mass is 338 g/mol. The molecule has 0 unspecified atom stereocenters. The summed E-state index contributed by atoms with van der Waals surface area (Å²) >= 11 is 0. The van der Waals surface area contributed by atoms with Crippen molar-refractivity contribution in [1.29, 1.82) is 0 Å². The third kappa shape index (κ3) is 2.49. The van der Waals surface area contributed by atoms with Crippen LogP contribution in [0.2, 0.25) is 0 Å². The number of carbonyl (C=O) groups is 1. The highest BCUT2D eigenvalue weighted by Gasteiger charge is 2.37. The molecule has 2 aromatic heterocycles. The van der Waals surface area contributed by atoms with Gasteiger partial charge in [-0.15, -0.1) is 5.10 Å². The molecular formula is C17H18N6O2. The zero-order chi connectivity index (χ0) is 16.8. The first-order valence-electron chi connectivity index (χ1n) is 8.48. The number of nitrogens with zero attached hydrogens (tertiary/aromatic N) is 6. The first-order chi connectivity index (χ1) is 12.3. The van der Waals surface area contributed by atoms with Gasteiger partial charge in [0.05, 0.1) is 36.2 Å². The summed E-state index contributed by atoms with van der Waals surface area (Å²) in [6.07, 6.45) is 4.56. The summed E-state index contributed by atoms with van der Waals surface area (Å²) in [5.74, 6) is 0.0681. The second-order valence-corrected chi connectivity index (χ2v) is 6.60. The number of benzene rings is 1. The second kappa shape index (κ2) is 5.66. The van der Waals surface area contributed by atoms with Crippen LogP contribution in [0.4, 0.5) is 0 Å². The molecule has 2 aliphatic rings. The Kier molecular flexibility index (Phi) is 3.30. The minimum absolute atomic E-state index is 0.0423. The van der Waals surface area contributed by atoms with E-state index in [-0.39, 0.29) is 24.6 Å². The number of aromatic nitrogens is 5. The Labute approximate surface area is 144 Å². The van der Waals surface area contributed by atoms with E-state index in [2.05, 4.69) is 15.4 Å². The van der Waals surface area contributed by atoms with Gasteiger partial charge in [-0.25, -0.2) is 4.68 Å². The number of amides is 1. The van der Waals surface area contributed by atoms with Crippen LogP contribution in [0.1, 0.15) is 18.2 Å². The SMILES string of the molecule is O=C(Cn1cc2ccccc2n1)N1CC[C@H]2OCc3cnnn3[C@H]2C1. The van der Waals surface area contributed by atoms with Crippen molar-refractivity contribution >= 4 is 16.8 Å². The molecule has 1 fully saturated rings. The standard InChI is InChI=1S/C17H18N6O2/c24-17(10-22-8-12-3-1-2-4-14(12)19-22)21-6-5-16-15(9-21)23-13(11-25-16)7-18-20-23/h1-4,7-8,15-16H,5-6,9-11H2/t15-,16+/m0/s1. The van der Waals surface area contributed by atoms with E-state index < -0.39 is 0 Å². The van der Waals surface area contributed by atoms with Crippen molar-refractivity contribution in [2.75, 3.05) is 13.1 Å². The third-order valence-electron chi connectivity index (χ3n) is 5.04. The number of hydrogen-bond acceptors (Lipinski definition) is 5. The van der Waals surface area contributed by atoms with Gasteiger partial charge in [-0.2, -0.15) is 5.10 Å². The summed E-state index contributed by atoms with van der Waals surface area (Å²) in [6, 6.07) is 7.92. The maximum absolute atomic E-state index is 12.7. The van der Waals surface area contributed by atoms with Crippen molar-refractivity contribution in [2.24, 2.45) is 0 Å². The number of rotatable bonds is 2. The maximum Gasteiger partial charge on any atom is 0.244 e. The van der Waals surface area contributed by atoms with Gasteiger partial charge in [0.15, 0.2) is 0 Å². The Morgan fingerprint density at radius 1 is 1.32 bits per heavy atom. The summed E-state index contributed by atoms with van der Waals surface area (Å²) in [5, 5.41) is 13.7. The van der Waals surface area contributed by atoms with Crippen molar-refractivity contribution in [1.82, 2.24) is 29.7 Å². The number of hydrogen-bond donors (Lipinski definition) is 0. The van der Waals surface area contributed by atoms with E-state index in [1.54, 1.807) is 10.9 Å². The van der Waals surface area contributed by atoms with Crippen molar-refractivity contribution in [2.45, 2.75) is 31.7 Å². The van der Waals surface area contributed by atoms with Gasteiger partial charge in [0.25, 0.3) is 0 Å². The Hall–Kier alpha value is -2.74. The molecule has 8 nitrogen and oxygen atoms in total. The molecule has 0 radical (unpaired) electrons. The quantitative estimate of drug-likeness (QED) is 0.697. The number of carbonyl (C=O) groups excluding carboxylic acids is 1. The lowest BCUT2D eigenvalue weighted by Crippen LogP contribution is -2.50. The van der Waals surface area contributed by atoms with Crippen molar-refractivity contribution in [3.05, 3.63) is 42.4 Å². The predicted octanol–water partition coefficient (Wildman–Crippen LogP) is 1.00. The topological polar surface area (TPSA) is 78.1 Å². The molecule has 0 aliphatic carbocycles. The molecule has 1 aromatic carbocycles. The lowest BCUT2D eigenvalue weighted by molar-refractivity contribution is -0.138. The van der Waals surface area contributed by atoms with E-state index in [4.69, 9.17) is 4.74 Å². The van der Waals surface area contributed by atoms with Crippen LogP contribution in [0.15, 0.2) is 36.7 Å². The van der Waals surface area contributed by atoms with Crippen LogP contribution in [-0.4, -0.2) is 54.8 Å². The van der Waals surface area contributed by atoms with Crippen LogP contribution in [-0.2, 0) is 22.7 Å². The average molecular weight is 338 g/mol. The zero-order valence-corrected chi connectivity index (χ0v) is 13.7. The van der Waals surface area contributed by atoms with E-state index in [9.17, 15) is 4.79 Å². The fourth-order valence-electron chi connectivity index (χ4n) is 3.74. The van der Waals surface area contributed by atoms with Gasteiger partial charge in [0.1, 0.15) is 6.54 Å². The molecule has 0 spiro atoms. The van der Waals surface area contributed by atoms with Crippen molar-refractivity contribution in [3.8, 4) is 0 Å². The van der Waals surface area contributed by atoms with E-state index in [0.29, 0.717) is 19.7 Å². The highest BCUT2D eigenvalue weighted by molar-refractivity contribution is 5.80. The van der Waals surface area contributed by atoms with Gasteiger partial charge in [-0.05, 0) is 12.5 Å². The molecule has 2 atom stereocenters. The Bertz CT molecular complexity index is 899. The lowest BCUT2D eigenvalue weighted by atomic mass is 10.0. The third-order valence-corrected chi connectivity index (χ3v) is 5.04. The van der Waals surface area contributed by atoms with E-state index in [0.717, 1.165) is 23.0 Å². The minimum Gasteiger partial charge on any atom is -0.370 e. The van der Waals surface area contributed by atoms with Crippen LogP contribution in [0.25, 0.3) is 10.9 Å². The summed E-state index contributed by atoms with van der Waals surface area (Å²) in [4.78, 5) is 14.6. The molecular weight excluding hydrogens is 320 g/mol. The fourth-order valence-corrected chi connectivity index (χ4v) is 3.74. The summed E-state index contributed by atoms with van der Waals surface area (Å²) in [7, 11) is 0. The van der Waals surface area contributed by atoms with Crippen LogP contribution in [0.5, 0.6) is 0 Å². The van der Waals surface area contributed by atoms with Gasteiger partial charge in [0.2, 0.25) is 5.91 Å². The first kappa shape index (κ1) is 14.6. The van der Waals surface area contributed by atoms with E-state index in [1.807, 2.05) is 40.0 Å². The van der Waals surface area contributed by atoms with E-state index >= 15 is 0 Å². The summed E-state index contributed by atoms with van der Waals surface area (Å²) in [6.45, 7) is 2.09. The molecule has 1 amide bonds. The fraction of sp³-hybridized carbons (Fsp3) is 0.412. The number of piperidine rings is 1. The zero-order valence-electron chi connectivity index (χ0n) is 13.7. The van der Waals surface area contributed by atoms with E-state index in [1.165, 1.54) is 0 Å². The van der Waals surface area contributed by atoms with Gasteiger partial charge in [0, 0.05) is 24.7 Å². The molecule has 25 heavy (non-hydrogen) atoms. The van der Waals surface area contributed by atoms with Crippen LogP contribution in [0, 0.1) is 0 Å². The molecule has 0 N–H and O–H groups in total. The molecule has 5 rings (SSSR count). The van der Waals surface area contributed by atoms with Crippen LogP contribution >= 0.6 is 0 Å². The molecule has 4 heterocycles. The highest BCUT2D eigenvalue weighted by atomic mass is 16.5. The van der Waals surface area contributed by atoms with Crippen molar-refractivity contribution < 1.29 is 9.53 Å². The molecule has 0 bridgehead atoms. The molecule has 3 aromatic rings. The largest absolute Gasteiger partial charge is 0.370 e. The van der Waals surface area contributed by atoms with Crippen LogP contribution in [0.3, 0.4) is 0 Å². The van der Waals surface area contributed by atoms with Gasteiger partial charge < -0.3 is 9.64 Å². The Morgan fingerprint density at radius 3 is 3.16 bits per heavy atom. The normalized spacial score (nSPS) is 22.6. The molecule has 1 saturated heterocycles. The highest BCUT2D eigenvalue weighted by Crippen LogP contribution is 2.30. The summed E-state index contributed by atoms with van der Waals surface area (Å²) < 4.78 is 9.53. The smallest absolute Gasteiger partial charge is 0.244 e. The Balaban J connectivity index is 1.33. The average Bonchev–Trinajstić information content (AvgIpc) is 3.27. The van der Waals surface area contributed by atoms with Crippen LogP contribution < -0.4 is 0 Å². The van der Waals surface area contributed by atoms with Gasteiger partial charge in [-0.1, -0.05) is 23.4 Å². The van der Waals surface area contributed by atoms with Crippen molar-refractivity contribution in [3.63, 3.8) is 0 Å². The van der Waals surface area contributed by atoms with Gasteiger partial charge in [-0.3, -0.25) is 9.48 Å². The molecule has 8 heteroatoms. The molecule has 2 aliphatic heterocycles. The minimum atomic E-state index is 0.0423. The molecule has 0 saturated carbocycles. The second-order valence-electron chi connectivity index (χ2n) is 6.60. The number of likely N-dealkylation sites (tertiary alicyclic amines) is 1. The maximum atomic E-state index is 12.7. The number of ether oxygens (including phenoxy) is 1.